The van der Waals surface area contributed by atoms with Gasteiger partial charge in [0, 0.05) is 11.1 Å². The van der Waals surface area contributed by atoms with Crippen molar-refractivity contribution in [1.82, 2.24) is 0 Å². The van der Waals surface area contributed by atoms with Crippen molar-refractivity contribution in [2.45, 2.75) is 6.42 Å². The van der Waals surface area contributed by atoms with Crippen LogP contribution in [0.1, 0.15) is 27.1 Å². The van der Waals surface area contributed by atoms with Crippen molar-refractivity contribution in [2.24, 2.45) is 0 Å². The van der Waals surface area contributed by atoms with Gasteiger partial charge in [-0.15, -0.1) is 0 Å². The Labute approximate surface area is 147 Å². The quantitative estimate of drug-likeness (QED) is 0.607. The van der Waals surface area contributed by atoms with E-state index in [1.807, 2.05) is 12.1 Å². The molecule has 0 amide bonds. The number of benzene rings is 2. The van der Waals surface area contributed by atoms with E-state index in [9.17, 15) is 9.59 Å². The van der Waals surface area contributed by atoms with Crippen LogP contribution in [0.25, 0.3) is 0 Å². The predicted octanol–water partition coefficient (Wildman–Crippen LogP) is 3.14. The summed E-state index contributed by atoms with van der Waals surface area (Å²) in [5.41, 5.74) is 1.16. The summed E-state index contributed by atoms with van der Waals surface area (Å²) in [5.74, 6) is -0.279. The molecule has 2 aromatic carbocycles. The fourth-order valence-electron chi connectivity index (χ4n) is 1.60. The Morgan fingerprint density at radius 1 is 0.667 bits per heavy atom. The fourth-order valence-corrected chi connectivity index (χ4v) is 1.60. The van der Waals surface area contributed by atoms with Crippen molar-refractivity contribution in [3.63, 3.8) is 0 Å². The molecule has 0 aromatic heterocycles. The van der Waals surface area contributed by atoms with E-state index >= 15 is 0 Å². The molecule has 2 aromatic rings. The van der Waals surface area contributed by atoms with Crippen LogP contribution < -0.4 is 0 Å². The van der Waals surface area contributed by atoms with Gasteiger partial charge in [0.25, 0.3) is 0 Å². The molecule has 18 heavy (non-hydrogen) atoms. The van der Waals surface area contributed by atoms with E-state index in [1.165, 1.54) is 0 Å². The molecule has 0 radical (unpaired) electrons. The van der Waals surface area contributed by atoms with Crippen LogP contribution in [0.2, 0.25) is 0 Å². The van der Waals surface area contributed by atoms with Gasteiger partial charge in [0.05, 0.1) is 6.42 Å². The maximum atomic E-state index is 11.8. The number of ketones is 2. The zero-order chi connectivity index (χ0) is 12.1. The number of rotatable bonds is 4. The average Bonchev–Trinajstić information content (AvgIpc) is 2.40. The molecule has 0 bridgehead atoms. The first-order chi connectivity index (χ1) is 8.27. The number of hydrogen-bond acceptors (Lipinski definition) is 2. The largest absolute Gasteiger partial charge is 3.00 e. The molecular formula is C15H12EuO2+3. The SMILES string of the molecule is O=C(CC(=O)c1ccccc1)c1ccccc1.[Eu+3]. The third-order valence-electron chi connectivity index (χ3n) is 2.51. The molecular weight excluding hydrogens is 364 g/mol. The molecule has 0 aliphatic carbocycles. The summed E-state index contributed by atoms with van der Waals surface area (Å²) in [5, 5.41) is 0. The maximum Gasteiger partial charge on any atom is 3.00 e. The Morgan fingerprint density at radius 3 is 1.33 bits per heavy atom. The first-order valence-corrected chi connectivity index (χ1v) is 5.44. The van der Waals surface area contributed by atoms with E-state index in [0.29, 0.717) is 11.1 Å². The van der Waals surface area contributed by atoms with E-state index in [1.54, 1.807) is 48.5 Å². The van der Waals surface area contributed by atoms with Crippen molar-refractivity contribution in [2.75, 3.05) is 0 Å². The van der Waals surface area contributed by atoms with Crippen molar-refractivity contribution in [3.05, 3.63) is 71.8 Å². The Morgan fingerprint density at radius 2 is 1.00 bits per heavy atom. The number of carbonyl (C=O) groups is 2. The van der Waals surface area contributed by atoms with Gasteiger partial charge >= 0.3 is 49.4 Å². The van der Waals surface area contributed by atoms with Crippen LogP contribution in [0.5, 0.6) is 0 Å². The minimum Gasteiger partial charge on any atom is -0.294 e. The molecule has 0 unspecified atom stereocenters. The van der Waals surface area contributed by atoms with E-state index in [4.69, 9.17) is 0 Å². The van der Waals surface area contributed by atoms with Gasteiger partial charge in [0.2, 0.25) is 0 Å². The van der Waals surface area contributed by atoms with Crippen LogP contribution in [0.15, 0.2) is 60.7 Å². The summed E-state index contributed by atoms with van der Waals surface area (Å²) in [6.07, 6.45) is -0.0754. The normalized spacial score (nSPS) is 9.33. The molecule has 3 heteroatoms. The zero-order valence-corrected chi connectivity index (χ0v) is 12.1. The van der Waals surface area contributed by atoms with E-state index in [-0.39, 0.29) is 67.4 Å². The Balaban J connectivity index is 0.00000162. The Hall–Kier alpha value is -0.636. The van der Waals surface area contributed by atoms with Crippen molar-refractivity contribution < 1.29 is 59.0 Å². The summed E-state index contributed by atoms with van der Waals surface area (Å²) < 4.78 is 0. The summed E-state index contributed by atoms with van der Waals surface area (Å²) in [6.45, 7) is 0. The molecule has 0 saturated carbocycles. The molecule has 0 aliphatic heterocycles. The minimum atomic E-state index is -0.139. The molecule has 0 atom stereocenters. The van der Waals surface area contributed by atoms with E-state index in [2.05, 4.69) is 0 Å². The van der Waals surface area contributed by atoms with Gasteiger partial charge in [-0.1, -0.05) is 60.7 Å². The standard InChI is InChI=1S/C15H12O2.Eu/c16-14(12-7-3-1-4-8-12)11-15(17)13-9-5-2-6-10-13;/h1-10H,11H2;/q;+3. The summed E-state index contributed by atoms with van der Waals surface area (Å²) in [7, 11) is 0. The second-order valence-electron chi connectivity index (χ2n) is 3.76. The minimum absolute atomic E-state index is 0. The molecule has 0 fully saturated rings. The maximum absolute atomic E-state index is 11.8. The Kier molecular flexibility index (Phi) is 6.62. The third-order valence-corrected chi connectivity index (χ3v) is 2.51. The van der Waals surface area contributed by atoms with Crippen molar-refractivity contribution >= 4 is 11.6 Å². The molecule has 2 nitrogen and oxygen atoms in total. The van der Waals surface area contributed by atoms with Crippen LogP contribution in [0.3, 0.4) is 0 Å². The zero-order valence-electron chi connectivity index (χ0n) is 9.68. The van der Waals surface area contributed by atoms with Gasteiger partial charge in [-0.2, -0.15) is 0 Å². The predicted molar refractivity (Wildman–Crippen MR) is 66.2 cm³/mol. The van der Waals surface area contributed by atoms with Gasteiger partial charge in [0.1, 0.15) is 0 Å². The molecule has 0 N–H and O–H groups in total. The molecule has 0 aliphatic rings. The average molecular weight is 376 g/mol. The number of carbonyl (C=O) groups excluding carboxylic acids is 2. The molecule has 0 spiro atoms. The first kappa shape index (κ1) is 15.4. The molecule has 2 rings (SSSR count). The van der Waals surface area contributed by atoms with Crippen LogP contribution >= 0.6 is 0 Å². The van der Waals surface area contributed by atoms with Gasteiger partial charge in [-0.3, -0.25) is 9.59 Å². The first-order valence-electron chi connectivity index (χ1n) is 5.44. The third kappa shape index (κ3) is 4.23. The van der Waals surface area contributed by atoms with Crippen LogP contribution in [-0.2, 0) is 0 Å². The van der Waals surface area contributed by atoms with Crippen LogP contribution in [0, 0.1) is 49.4 Å². The second-order valence-corrected chi connectivity index (χ2v) is 3.76. The Bertz CT molecular complexity index is 471. The van der Waals surface area contributed by atoms with Crippen LogP contribution in [-0.4, -0.2) is 11.6 Å². The summed E-state index contributed by atoms with van der Waals surface area (Å²) in [6, 6.07) is 17.7. The van der Waals surface area contributed by atoms with Gasteiger partial charge < -0.3 is 0 Å². The molecule has 0 heterocycles. The topological polar surface area (TPSA) is 34.1 Å². The fraction of sp³-hybridized carbons (Fsp3) is 0.0667. The van der Waals surface area contributed by atoms with Crippen molar-refractivity contribution in [3.8, 4) is 0 Å². The van der Waals surface area contributed by atoms with Gasteiger partial charge in [0.15, 0.2) is 11.6 Å². The number of Topliss-reactive ketones (excluding diaryl/α,β-unsaturated/α-hetero) is 2. The second kappa shape index (κ2) is 7.72. The molecule has 88 valence electrons. The van der Waals surface area contributed by atoms with Gasteiger partial charge in [-0.25, -0.2) is 0 Å². The van der Waals surface area contributed by atoms with E-state index < -0.39 is 0 Å². The smallest absolute Gasteiger partial charge is 0.294 e. The van der Waals surface area contributed by atoms with Gasteiger partial charge in [-0.05, 0) is 0 Å². The number of hydrogen-bond donors (Lipinski definition) is 0. The van der Waals surface area contributed by atoms with E-state index in [0.717, 1.165) is 0 Å². The van der Waals surface area contributed by atoms with Crippen molar-refractivity contribution in [1.29, 1.82) is 0 Å². The molecule has 0 saturated heterocycles. The summed E-state index contributed by atoms with van der Waals surface area (Å²) >= 11 is 0. The van der Waals surface area contributed by atoms with Crippen LogP contribution in [0.4, 0.5) is 0 Å². The summed E-state index contributed by atoms with van der Waals surface area (Å²) in [4.78, 5) is 23.6. The monoisotopic (exact) mass is 377 g/mol.